The molecule has 196 valence electrons. The molecule has 0 spiro atoms. The number of amides is 1. The first-order valence-electron chi connectivity index (χ1n) is 11.8. The van der Waals surface area contributed by atoms with Crippen LogP contribution in [0.15, 0.2) is 35.8 Å². The van der Waals surface area contributed by atoms with E-state index in [1.807, 2.05) is 0 Å². The Labute approximate surface area is 224 Å². The molecule has 12 heteroatoms. The summed E-state index contributed by atoms with van der Waals surface area (Å²) in [5.74, 6) is 0.266. The second-order valence-electron chi connectivity index (χ2n) is 8.56. The van der Waals surface area contributed by atoms with Crippen LogP contribution in [0, 0.1) is 0 Å². The minimum Gasteiger partial charge on any atom is -0.506 e. The van der Waals surface area contributed by atoms with Gasteiger partial charge in [-0.15, -0.1) is 0 Å². The normalized spacial score (nSPS) is 14.1. The van der Waals surface area contributed by atoms with Crippen LogP contribution in [0.5, 0.6) is 11.5 Å². The number of anilines is 1. The van der Waals surface area contributed by atoms with Gasteiger partial charge in [-0.05, 0) is 25.1 Å². The summed E-state index contributed by atoms with van der Waals surface area (Å²) >= 11 is 13.0. The van der Waals surface area contributed by atoms with Crippen LogP contribution in [0.2, 0.25) is 10.0 Å². The van der Waals surface area contributed by atoms with Crippen molar-refractivity contribution in [3.05, 3.63) is 51.4 Å². The molecular weight excluding hydrogens is 519 g/mol. The summed E-state index contributed by atoms with van der Waals surface area (Å²) < 4.78 is 6.84. The van der Waals surface area contributed by atoms with E-state index in [9.17, 15) is 14.7 Å². The third-order valence-electron chi connectivity index (χ3n) is 6.40. The van der Waals surface area contributed by atoms with Gasteiger partial charge in [-0.25, -0.2) is 4.98 Å². The first kappa shape index (κ1) is 26.7. The molecular formula is C25H28Cl2N6O4. The molecule has 2 N–H and O–H groups in total. The van der Waals surface area contributed by atoms with Crippen LogP contribution in [0.25, 0.3) is 22.2 Å². The van der Waals surface area contributed by atoms with Crippen LogP contribution in [-0.4, -0.2) is 82.2 Å². The summed E-state index contributed by atoms with van der Waals surface area (Å²) in [7, 11) is 3.12. The third kappa shape index (κ3) is 5.36. The van der Waals surface area contributed by atoms with E-state index in [1.165, 1.54) is 19.3 Å². The van der Waals surface area contributed by atoms with E-state index in [-0.39, 0.29) is 44.1 Å². The van der Waals surface area contributed by atoms with Gasteiger partial charge in [-0.2, -0.15) is 4.98 Å². The van der Waals surface area contributed by atoms with E-state index in [1.54, 1.807) is 28.8 Å². The highest BCUT2D eigenvalue weighted by atomic mass is 35.5. The third-order valence-corrected chi connectivity index (χ3v) is 7.16. The highest BCUT2D eigenvalue weighted by Gasteiger charge is 2.23. The number of benzene rings is 1. The van der Waals surface area contributed by atoms with Crippen LogP contribution >= 0.6 is 23.2 Å². The Morgan fingerprint density at radius 1 is 1.22 bits per heavy atom. The molecule has 2 aromatic heterocycles. The van der Waals surface area contributed by atoms with Crippen molar-refractivity contribution in [2.45, 2.75) is 13.0 Å². The predicted molar refractivity (Wildman–Crippen MR) is 145 cm³/mol. The largest absolute Gasteiger partial charge is 0.506 e. The Balaban J connectivity index is 1.69. The number of hydrogen-bond acceptors (Lipinski definition) is 8. The van der Waals surface area contributed by atoms with Crippen molar-refractivity contribution in [1.82, 2.24) is 24.3 Å². The number of carbonyl (C=O) groups is 1. The zero-order valence-electron chi connectivity index (χ0n) is 20.6. The molecule has 1 aliphatic heterocycles. The number of aryl methyl sites for hydroxylation is 1. The number of piperazine rings is 1. The Hall–Kier alpha value is -3.34. The smallest absolute Gasteiger partial charge is 0.260 e. The first-order valence-corrected chi connectivity index (χ1v) is 12.5. The maximum Gasteiger partial charge on any atom is 0.260 e. The number of aromatic nitrogens is 3. The van der Waals surface area contributed by atoms with Crippen LogP contribution in [0.3, 0.4) is 0 Å². The number of nitrogens with zero attached hydrogens (tertiary/aromatic N) is 5. The molecule has 1 aliphatic rings. The zero-order valence-corrected chi connectivity index (χ0v) is 22.1. The molecule has 0 unspecified atom stereocenters. The van der Waals surface area contributed by atoms with Crippen LogP contribution in [0.1, 0.15) is 6.42 Å². The zero-order chi connectivity index (χ0) is 26.7. The number of phenols is 1. The lowest BCUT2D eigenvalue weighted by molar-refractivity contribution is -0.127. The molecule has 0 radical (unpaired) electrons. The highest BCUT2D eigenvalue weighted by molar-refractivity contribution is 6.41. The second kappa shape index (κ2) is 11.4. The fourth-order valence-electron chi connectivity index (χ4n) is 4.42. The Bertz CT molecular complexity index is 1400. The van der Waals surface area contributed by atoms with E-state index < -0.39 is 0 Å². The summed E-state index contributed by atoms with van der Waals surface area (Å²) in [4.78, 5) is 38.5. The van der Waals surface area contributed by atoms with Crippen LogP contribution in [-0.2, 0) is 11.3 Å². The summed E-state index contributed by atoms with van der Waals surface area (Å²) in [6, 6.07) is 2.92. The number of carbonyl (C=O) groups excluding carboxylic acids is 1. The van der Waals surface area contributed by atoms with Crippen molar-refractivity contribution in [3.63, 3.8) is 0 Å². The molecule has 0 atom stereocenters. The Morgan fingerprint density at radius 3 is 2.59 bits per heavy atom. The number of methoxy groups -OCH3 is 1. The van der Waals surface area contributed by atoms with E-state index in [4.69, 9.17) is 27.9 Å². The minimum absolute atomic E-state index is 0.0477. The molecule has 1 aromatic carbocycles. The highest BCUT2D eigenvalue weighted by Crippen LogP contribution is 2.45. The molecule has 1 fully saturated rings. The summed E-state index contributed by atoms with van der Waals surface area (Å²) in [5, 5.41) is 13.9. The van der Waals surface area contributed by atoms with Crippen molar-refractivity contribution >= 4 is 46.1 Å². The molecule has 0 aliphatic carbocycles. The van der Waals surface area contributed by atoms with Crippen molar-refractivity contribution in [2.75, 3.05) is 52.2 Å². The second-order valence-corrected chi connectivity index (χ2v) is 9.32. The van der Waals surface area contributed by atoms with Crippen molar-refractivity contribution in [2.24, 2.45) is 0 Å². The quantitative estimate of drug-likeness (QED) is 0.414. The average Bonchev–Trinajstić information content (AvgIpc) is 2.92. The average molecular weight is 547 g/mol. The topological polar surface area (TPSA) is 113 Å². The fraction of sp³-hybridized carbons (Fsp3) is 0.360. The van der Waals surface area contributed by atoms with Gasteiger partial charge in [0.05, 0.1) is 22.7 Å². The van der Waals surface area contributed by atoms with Gasteiger partial charge < -0.3 is 20.1 Å². The van der Waals surface area contributed by atoms with Crippen LogP contribution < -0.4 is 15.6 Å². The van der Waals surface area contributed by atoms with Gasteiger partial charge in [0.2, 0.25) is 11.9 Å². The number of aromatic hydroxyl groups is 1. The lowest BCUT2D eigenvalue weighted by Gasteiger charge is -2.34. The summed E-state index contributed by atoms with van der Waals surface area (Å²) in [5.41, 5.74) is 0.496. The SMILES string of the molecule is C=CC(=O)N1CCN(CCCn2c(=O)c(-c3c(Cl)c(O)cc(OC)c3Cl)cc3cnc(NC)nc32)CC1. The van der Waals surface area contributed by atoms with Crippen molar-refractivity contribution in [1.29, 1.82) is 0 Å². The van der Waals surface area contributed by atoms with Gasteiger partial charge in [0.1, 0.15) is 17.1 Å². The van der Waals surface area contributed by atoms with E-state index >= 15 is 0 Å². The van der Waals surface area contributed by atoms with Crippen LogP contribution in [0.4, 0.5) is 5.95 Å². The van der Waals surface area contributed by atoms with E-state index in [0.717, 1.165) is 19.6 Å². The maximum atomic E-state index is 13.8. The molecule has 0 bridgehead atoms. The molecule has 3 heterocycles. The monoisotopic (exact) mass is 546 g/mol. The van der Waals surface area contributed by atoms with Gasteiger partial charge in [-0.3, -0.25) is 19.1 Å². The molecule has 1 amide bonds. The standard InChI is InChI=1S/C25H28Cl2N6O4/c1-4-19(35)32-10-8-31(9-11-32)6-5-7-33-23-15(14-29-25(28-2)30-23)12-16(24(33)36)20-21(26)17(34)13-18(37-3)22(20)27/h4,12-14,34H,1,5-11H2,2-3H3,(H,28,29,30). The lowest BCUT2D eigenvalue weighted by atomic mass is 10.0. The van der Waals surface area contributed by atoms with Crippen molar-refractivity contribution < 1.29 is 14.6 Å². The van der Waals surface area contributed by atoms with Gasteiger partial charge in [-0.1, -0.05) is 29.8 Å². The molecule has 4 rings (SSSR count). The number of pyridine rings is 1. The number of nitrogens with one attached hydrogen (secondary N) is 1. The predicted octanol–water partition coefficient (Wildman–Crippen LogP) is 3.24. The Kier molecular flexibility index (Phi) is 8.21. The number of hydrogen-bond donors (Lipinski definition) is 2. The Morgan fingerprint density at radius 2 is 1.95 bits per heavy atom. The number of halogens is 2. The van der Waals surface area contributed by atoms with E-state index in [0.29, 0.717) is 43.0 Å². The lowest BCUT2D eigenvalue weighted by Crippen LogP contribution is -2.48. The molecule has 3 aromatic rings. The molecule has 0 saturated carbocycles. The maximum absolute atomic E-state index is 13.8. The molecule has 37 heavy (non-hydrogen) atoms. The number of rotatable bonds is 8. The van der Waals surface area contributed by atoms with Gasteiger partial charge in [0, 0.05) is 63.0 Å². The molecule has 10 nitrogen and oxygen atoms in total. The van der Waals surface area contributed by atoms with Gasteiger partial charge in [0.15, 0.2) is 0 Å². The van der Waals surface area contributed by atoms with E-state index in [2.05, 4.69) is 26.8 Å². The minimum atomic E-state index is -0.355. The first-order chi connectivity index (χ1) is 17.8. The summed E-state index contributed by atoms with van der Waals surface area (Å²) in [6.07, 6.45) is 3.62. The van der Waals surface area contributed by atoms with Gasteiger partial charge >= 0.3 is 0 Å². The summed E-state index contributed by atoms with van der Waals surface area (Å²) in [6.45, 7) is 7.43. The van der Waals surface area contributed by atoms with Gasteiger partial charge in [0.25, 0.3) is 5.56 Å². The van der Waals surface area contributed by atoms with Crippen molar-refractivity contribution in [3.8, 4) is 22.6 Å². The molecule has 1 saturated heterocycles. The fourth-order valence-corrected chi connectivity index (χ4v) is 5.05. The number of fused-ring (bicyclic) bond motifs is 1. The number of ether oxygens (including phenoxy) is 1. The number of phenolic OH excluding ortho intramolecular Hbond substituents is 1.